The van der Waals surface area contributed by atoms with E-state index in [4.69, 9.17) is 9.47 Å². The molecule has 6 nitrogen and oxygen atoms in total. The summed E-state index contributed by atoms with van der Waals surface area (Å²) in [5, 5.41) is 10.9. The van der Waals surface area contributed by atoms with Gasteiger partial charge in [0.05, 0.1) is 36.4 Å². The maximum atomic E-state index is 13.9. The number of rotatable bonds is 7. The van der Waals surface area contributed by atoms with Crippen molar-refractivity contribution in [2.75, 3.05) is 20.8 Å². The van der Waals surface area contributed by atoms with Crippen molar-refractivity contribution in [3.63, 3.8) is 0 Å². The summed E-state index contributed by atoms with van der Waals surface area (Å²) >= 11 is 0. The number of fused-ring (bicyclic) bond motifs is 1. The first-order chi connectivity index (χ1) is 14.1. The molecular formula is C22H22FN3O3. The van der Waals surface area contributed by atoms with E-state index >= 15 is 0 Å². The number of aromatic nitrogens is 2. The van der Waals surface area contributed by atoms with Crippen LogP contribution >= 0.6 is 0 Å². The van der Waals surface area contributed by atoms with E-state index in [1.807, 2.05) is 0 Å². The van der Waals surface area contributed by atoms with Crippen molar-refractivity contribution < 1.29 is 18.7 Å². The summed E-state index contributed by atoms with van der Waals surface area (Å²) in [5.74, 6) is 0.647. The average molecular weight is 395 g/mol. The molecule has 2 aromatic carbocycles. The Kier molecular flexibility index (Phi) is 5.20. The minimum atomic E-state index is -0.434. The van der Waals surface area contributed by atoms with Crippen molar-refractivity contribution in [3.8, 4) is 11.5 Å². The molecule has 1 heterocycles. The zero-order valence-corrected chi connectivity index (χ0v) is 16.3. The zero-order chi connectivity index (χ0) is 20.4. The van der Waals surface area contributed by atoms with Crippen LogP contribution in [0.1, 0.15) is 34.5 Å². The number of nitrogens with zero attached hydrogens (tertiary/aromatic N) is 1. The third-order valence-electron chi connectivity index (χ3n) is 5.02. The number of aromatic amines is 1. The molecule has 150 valence electrons. The summed E-state index contributed by atoms with van der Waals surface area (Å²) in [5.41, 5.74) is 2.49. The molecule has 0 saturated heterocycles. The number of methoxy groups -OCH3 is 2. The highest BCUT2D eigenvalue weighted by Crippen LogP contribution is 2.33. The highest BCUT2D eigenvalue weighted by molar-refractivity contribution is 6.05. The molecule has 29 heavy (non-hydrogen) atoms. The lowest BCUT2D eigenvalue weighted by atomic mass is 10.1. The van der Waals surface area contributed by atoms with Crippen LogP contribution in [0.15, 0.2) is 30.3 Å². The number of amides is 1. The fourth-order valence-electron chi connectivity index (χ4n) is 3.23. The average Bonchev–Trinajstić information content (AvgIpc) is 3.48. The minimum absolute atomic E-state index is 0.163. The molecule has 2 N–H and O–H groups in total. The number of carbonyl (C=O) groups is 1. The van der Waals surface area contributed by atoms with Gasteiger partial charge in [0, 0.05) is 6.54 Å². The van der Waals surface area contributed by atoms with Gasteiger partial charge in [0.15, 0.2) is 11.6 Å². The molecule has 4 rings (SSSR count). The van der Waals surface area contributed by atoms with E-state index in [1.165, 1.54) is 33.1 Å². The second kappa shape index (κ2) is 7.95. The SMILES string of the molecule is COc1ccc(C=Cc2[nH]nc3ccc(C(=O)NCC4CC4)c(OC)c23)cc1F. The van der Waals surface area contributed by atoms with Crippen molar-refractivity contribution in [3.05, 3.63) is 53.0 Å². The van der Waals surface area contributed by atoms with E-state index in [2.05, 4.69) is 15.5 Å². The van der Waals surface area contributed by atoms with E-state index in [-0.39, 0.29) is 11.7 Å². The van der Waals surface area contributed by atoms with E-state index < -0.39 is 5.82 Å². The molecule has 3 aromatic rings. The lowest BCUT2D eigenvalue weighted by molar-refractivity contribution is 0.0949. The van der Waals surface area contributed by atoms with Crippen LogP contribution in [-0.4, -0.2) is 36.9 Å². The van der Waals surface area contributed by atoms with Gasteiger partial charge < -0.3 is 14.8 Å². The maximum absolute atomic E-state index is 13.9. The third kappa shape index (κ3) is 3.94. The lowest BCUT2D eigenvalue weighted by Crippen LogP contribution is -2.26. The zero-order valence-electron chi connectivity index (χ0n) is 16.3. The molecule has 1 fully saturated rings. The third-order valence-corrected chi connectivity index (χ3v) is 5.02. The number of carbonyl (C=O) groups excluding carboxylic acids is 1. The summed E-state index contributed by atoms with van der Waals surface area (Å²) in [6.07, 6.45) is 5.87. The molecule has 0 bridgehead atoms. The molecule has 1 amide bonds. The number of nitrogens with one attached hydrogen (secondary N) is 2. The van der Waals surface area contributed by atoms with Gasteiger partial charge in [-0.2, -0.15) is 5.10 Å². The molecule has 1 aliphatic rings. The Labute approximate surface area is 167 Å². The fourth-order valence-corrected chi connectivity index (χ4v) is 3.23. The van der Waals surface area contributed by atoms with Crippen molar-refractivity contribution in [1.82, 2.24) is 15.5 Å². The summed E-state index contributed by atoms with van der Waals surface area (Å²) in [6, 6.07) is 8.22. The van der Waals surface area contributed by atoms with E-state index in [0.717, 1.165) is 0 Å². The van der Waals surface area contributed by atoms with Gasteiger partial charge in [-0.05, 0) is 54.7 Å². The Balaban J connectivity index is 1.66. The second-order valence-electron chi connectivity index (χ2n) is 7.06. The number of hydrogen-bond donors (Lipinski definition) is 2. The number of benzene rings is 2. The van der Waals surface area contributed by atoms with Gasteiger partial charge in [-0.3, -0.25) is 9.89 Å². The van der Waals surface area contributed by atoms with Gasteiger partial charge in [-0.1, -0.05) is 12.1 Å². The molecule has 1 aromatic heterocycles. The van der Waals surface area contributed by atoms with Crippen molar-refractivity contribution in [1.29, 1.82) is 0 Å². The van der Waals surface area contributed by atoms with Gasteiger partial charge in [0.1, 0.15) is 5.75 Å². The van der Waals surface area contributed by atoms with Crippen LogP contribution in [0.3, 0.4) is 0 Å². The van der Waals surface area contributed by atoms with Crippen LogP contribution in [0.4, 0.5) is 4.39 Å². The van der Waals surface area contributed by atoms with Gasteiger partial charge in [0.25, 0.3) is 5.91 Å². The Hall–Kier alpha value is -3.35. The minimum Gasteiger partial charge on any atom is -0.495 e. The first kappa shape index (κ1) is 19.0. The second-order valence-corrected chi connectivity index (χ2v) is 7.06. The molecule has 0 aliphatic heterocycles. The van der Waals surface area contributed by atoms with Gasteiger partial charge in [0.2, 0.25) is 0 Å². The Morgan fingerprint density at radius 2 is 2.07 bits per heavy atom. The molecule has 0 radical (unpaired) electrons. The van der Waals surface area contributed by atoms with Gasteiger partial charge >= 0.3 is 0 Å². The van der Waals surface area contributed by atoms with Crippen LogP contribution in [0.25, 0.3) is 23.1 Å². The predicted molar refractivity (Wildman–Crippen MR) is 110 cm³/mol. The first-order valence-electron chi connectivity index (χ1n) is 9.45. The fraction of sp³-hybridized carbons (Fsp3) is 0.273. The summed E-state index contributed by atoms with van der Waals surface area (Å²) in [6.45, 7) is 0.682. The monoisotopic (exact) mass is 395 g/mol. The van der Waals surface area contributed by atoms with E-state index in [9.17, 15) is 9.18 Å². The largest absolute Gasteiger partial charge is 0.495 e. The van der Waals surface area contributed by atoms with Crippen LogP contribution in [0.2, 0.25) is 0 Å². The smallest absolute Gasteiger partial charge is 0.255 e. The standard InChI is InChI=1S/C22H22FN3O3/c1-28-19-10-6-13(11-16(19)23)5-8-17-20-18(26-25-17)9-7-15(21(20)29-2)22(27)24-12-14-3-4-14/h5-11,14H,3-4,12H2,1-2H3,(H,24,27)(H,25,26). The van der Waals surface area contributed by atoms with Crippen LogP contribution in [-0.2, 0) is 0 Å². The maximum Gasteiger partial charge on any atom is 0.255 e. The van der Waals surface area contributed by atoms with Crippen LogP contribution in [0, 0.1) is 11.7 Å². The molecule has 7 heteroatoms. The van der Waals surface area contributed by atoms with E-state index in [0.29, 0.717) is 45.9 Å². The Morgan fingerprint density at radius 1 is 1.24 bits per heavy atom. The van der Waals surface area contributed by atoms with Crippen molar-refractivity contribution in [2.45, 2.75) is 12.8 Å². The van der Waals surface area contributed by atoms with Crippen molar-refractivity contribution >= 4 is 29.0 Å². The first-order valence-corrected chi connectivity index (χ1v) is 9.45. The number of hydrogen-bond acceptors (Lipinski definition) is 4. The molecular weight excluding hydrogens is 373 g/mol. The number of H-pyrrole nitrogens is 1. The van der Waals surface area contributed by atoms with Crippen molar-refractivity contribution in [2.24, 2.45) is 5.92 Å². The number of ether oxygens (including phenoxy) is 2. The van der Waals surface area contributed by atoms with Gasteiger partial charge in [-0.15, -0.1) is 0 Å². The highest BCUT2D eigenvalue weighted by Gasteiger charge is 2.24. The molecule has 1 aliphatic carbocycles. The predicted octanol–water partition coefficient (Wildman–Crippen LogP) is 4.03. The van der Waals surface area contributed by atoms with Gasteiger partial charge in [-0.25, -0.2) is 4.39 Å². The summed E-state index contributed by atoms with van der Waals surface area (Å²) in [7, 11) is 2.96. The molecule has 0 spiro atoms. The van der Waals surface area contributed by atoms with E-state index in [1.54, 1.807) is 36.4 Å². The van der Waals surface area contributed by atoms with Crippen LogP contribution < -0.4 is 14.8 Å². The number of halogens is 1. The summed E-state index contributed by atoms with van der Waals surface area (Å²) < 4.78 is 24.4. The lowest BCUT2D eigenvalue weighted by Gasteiger charge is -2.10. The Bertz CT molecular complexity index is 1090. The normalized spacial score (nSPS) is 13.8. The molecule has 1 saturated carbocycles. The molecule has 0 unspecified atom stereocenters. The van der Waals surface area contributed by atoms with Crippen LogP contribution in [0.5, 0.6) is 11.5 Å². The topological polar surface area (TPSA) is 76.2 Å². The quantitative estimate of drug-likeness (QED) is 0.633. The Morgan fingerprint density at radius 3 is 2.76 bits per heavy atom. The highest BCUT2D eigenvalue weighted by atomic mass is 19.1. The molecule has 0 atom stereocenters. The summed E-state index contributed by atoms with van der Waals surface area (Å²) in [4.78, 5) is 12.6.